The monoisotopic (exact) mass is 415 g/mol. The fraction of sp³-hybridized carbons (Fsp3) is 0.364. The van der Waals surface area contributed by atoms with E-state index in [1.165, 1.54) is 16.2 Å². The summed E-state index contributed by atoms with van der Waals surface area (Å²) >= 11 is 1.45. The first-order valence-electron chi connectivity index (χ1n) is 9.52. The van der Waals surface area contributed by atoms with Crippen molar-refractivity contribution in [2.75, 3.05) is 20.3 Å². The van der Waals surface area contributed by atoms with E-state index in [0.717, 1.165) is 4.88 Å². The number of hydrogen-bond donors (Lipinski definition) is 1. The molecule has 0 unspecified atom stereocenters. The van der Waals surface area contributed by atoms with Gasteiger partial charge in [0.15, 0.2) is 0 Å². The summed E-state index contributed by atoms with van der Waals surface area (Å²) in [6, 6.07) is 10.0. The van der Waals surface area contributed by atoms with Gasteiger partial charge in [-0.1, -0.05) is 6.07 Å². The van der Waals surface area contributed by atoms with Gasteiger partial charge in [-0.05, 0) is 56.0 Å². The zero-order valence-corrected chi connectivity index (χ0v) is 17.6. The number of carbonyl (C=O) groups is 2. The molecule has 3 rings (SSSR count). The van der Waals surface area contributed by atoms with Gasteiger partial charge in [-0.3, -0.25) is 9.59 Å². The molecule has 0 radical (unpaired) electrons. The molecule has 1 fully saturated rings. The largest absolute Gasteiger partial charge is 0.507 e. The molecule has 0 spiro atoms. The Morgan fingerprint density at radius 3 is 2.52 bits per heavy atom. The minimum absolute atomic E-state index is 0.0331. The molecule has 1 aromatic carbocycles. The molecule has 0 saturated carbocycles. The van der Waals surface area contributed by atoms with E-state index in [2.05, 4.69) is 0 Å². The van der Waals surface area contributed by atoms with E-state index in [0.29, 0.717) is 30.9 Å². The number of amides is 1. The zero-order valence-electron chi connectivity index (χ0n) is 16.8. The second-order valence-corrected chi connectivity index (χ2v) is 8.02. The smallest absolute Gasteiger partial charge is 0.295 e. The van der Waals surface area contributed by atoms with Gasteiger partial charge in [0.25, 0.3) is 11.7 Å². The molecule has 6 nitrogen and oxygen atoms in total. The molecule has 154 valence electrons. The fourth-order valence-corrected chi connectivity index (χ4v) is 4.20. The number of likely N-dealkylation sites (tertiary alicyclic amines) is 1. The maximum Gasteiger partial charge on any atom is 0.295 e. The molecule has 1 N–H and O–H groups in total. The number of carbonyl (C=O) groups excluding carboxylic acids is 2. The molecular formula is C22H25NO5S. The van der Waals surface area contributed by atoms with Crippen molar-refractivity contribution in [3.63, 3.8) is 0 Å². The summed E-state index contributed by atoms with van der Waals surface area (Å²) in [5.74, 6) is -0.764. The third kappa shape index (κ3) is 4.52. The molecule has 29 heavy (non-hydrogen) atoms. The van der Waals surface area contributed by atoms with Gasteiger partial charge < -0.3 is 19.5 Å². The van der Waals surface area contributed by atoms with Gasteiger partial charge in [-0.2, -0.15) is 0 Å². The fourth-order valence-electron chi connectivity index (χ4n) is 3.35. The quantitative estimate of drug-likeness (QED) is 0.305. The Morgan fingerprint density at radius 2 is 1.93 bits per heavy atom. The summed E-state index contributed by atoms with van der Waals surface area (Å²) in [4.78, 5) is 27.9. The number of methoxy groups -OCH3 is 1. The van der Waals surface area contributed by atoms with Crippen molar-refractivity contribution < 1.29 is 24.2 Å². The predicted octanol–water partition coefficient (Wildman–Crippen LogP) is 3.99. The molecule has 0 bridgehead atoms. The van der Waals surface area contributed by atoms with Crippen molar-refractivity contribution in [2.24, 2.45) is 0 Å². The van der Waals surface area contributed by atoms with Gasteiger partial charge in [-0.25, -0.2) is 0 Å². The number of Topliss-reactive ketones (excluding diaryl/α,β-unsaturated/α-hetero) is 1. The number of aliphatic hydroxyl groups excluding tert-OH is 1. The summed E-state index contributed by atoms with van der Waals surface area (Å²) in [6.07, 6.45) is 0.637. The second kappa shape index (κ2) is 9.24. The molecule has 1 saturated heterocycles. The molecule has 1 aliphatic rings. The number of nitrogens with zero attached hydrogens (tertiary/aromatic N) is 1. The lowest BCUT2D eigenvalue weighted by Crippen LogP contribution is -2.31. The van der Waals surface area contributed by atoms with Gasteiger partial charge in [0.2, 0.25) is 0 Å². The van der Waals surface area contributed by atoms with Gasteiger partial charge in [0.1, 0.15) is 11.5 Å². The lowest BCUT2D eigenvalue weighted by atomic mass is 10.00. The number of benzene rings is 1. The molecule has 0 aliphatic carbocycles. The van der Waals surface area contributed by atoms with Crippen LogP contribution in [0.4, 0.5) is 0 Å². The summed E-state index contributed by atoms with van der Waals surface area (Å²) in [5, 5.41) is 12.9. The number of ketones is 1. The van der Waals surface area contributed by atoms with E-state index in [-0.39, 0.29) is 17.4 Å². The first-order chi connectivity index (χ1) is 13.9. The highest BCUT2D eigenvalue weighted by Crippen LogP contribution is 2.41. The van der Waals surface area contributed by atoms with E-state index in [9.17, 15) is 14.7 Å². The Labute approximate surface area is 174 Å². The molecule has 1 aliphatic heterocycles. The van der Waals surface area contributed by atoms with E-state index in [4.69, 9.17) is 9.47 Å². The van der Waals surface area contributed by atoms with Crippen LogP contribution in [0.2, 0.25) is 0 Å². The molecule has 7 heteroatoms. The summed E-state index contributed by atoms with van der Waals surface area (Å²) in [5.41, 5.74) is 0.588. The Kier molecular flexibility index (Phi) is 6.71. The van der Waals surface area contributed by atoms with Gasteiger partial charge >= 0.3 is 0 Å². The van der Waals surface area contributed by atoms with Crippen LogP contribution < -0.4 is 4.74 Å². The Balaban J connectivity index is 1.99. The van der Waals surface area contributed by atoms with Crippen LogP contribution in [0.3, 0.4) is 0 Å². The van der Waals surface area contributed by atoms with Crippen LogP contribution in [-0.4, -0.2) is 48.1 Å². The Morgan fingerprint density at radius 1 is 1.21 bits per heavy atom. The van der Waals surface area contributed by atoms with Gasteiger partial charge in [0.05, 0.1) is 17.7 Å². The lowest BCUT2D eigenvalue weighted by Gasteiger charge is -2.24. The lowest BCUT2D eigenvalue weighted by molar-refractivity contribution is -0.140. The van der Waals surface area contributed by atoms with Crippen molar-refractivity contribution >= 4 is 28.8 Å². The van der Waals surface area contributed by atoms with Crippen LogP contribution in [-0.2, 0) is 14.3 Å². The minimum Gasteiger partial charge on any atom is -0.507 e. The SMILES string of the molecule is COCCCN1C(=O)C(=O)C(=C(O)c2ccc(OC(C)C)cc2)[C@@H]1c1cccs1. The maximum atomic E-state index is 12.8. The number of thiophene rings is 1. The van der Waals surface area contributed by atoms with Crippen LogP contribution in [0.5, 0.6) is 5.75 Å². The summed E-state index contributed by atoms with van der Waals surface area (Å²) in [7, 11) is 1.59. The Bertz CT molecular complexity index is 886. The van der Waals surface area contributed by atoms with Crippen molar-refractivity contribution in [1.82, 2.24) is 4.90 Å². The molecular weight excluding hydrogens is 390 g/mol. The van der Waals surface area contributed by atoms with Crippen LogP contribution in [0.15, 0.2) is 47.4 Å². The van der Waals surface area contributed by atoms with Crippen molar-refractivity contribution in [3.05, 3.63) is 57.8 Å². The van der Waals surface area contributed by atoms with Crippen LogP contribution >= 0.6 is 11.3 Å². The highest BCUT2D eigenvalue weighted by atomic mass is 32.1. The normalized spacial score (nSPS) is 18.6. The third-order valence-corrected chi connectivity index (χ3v) is 5.52. The average molecular weight is 416 g/mol. The van der Waals surface area contributed by atoms with E-state index < -0.39 is 17.7 Å². The van der Waals surface area contributed by atoms with E-state index in [1.54, 1.807) is 31.4 Å². The summed E-state index contributed by atoms with van der Waals surface area (Å²) in [6.45, 7) is 4.72. The second-order valence-electron chi connectivity index (χ2n) is 7.05. The van der Waals surface area contributed by atoms with Crippen LogP contribution in [0.1, 0.15) is 36.8 Å². The van der Waals surface area contributed by atoms with Crippen molar-refractivity contribution in [3.8, 4) is 5.75 Å². The van der Waals surface area contributed by atoms with E-state index >= 15 is 0 Å². The van der Waals surface area contributed by atoms with Gasteiger partial charge in [-0.15, -0.1) is 11.3 Å². The molecule has 2 heterocycles. The van der Waals surface area contributed by atoms with E-state index in [1.807, 2.05) is 31.4 Å². The zero-order chi connectivity index (χ0) is 21.0. The molecule has 2 aromatic rings. The molecule has 1 atom stereocenters. The maximum absolute atomic E-state index is 12.8. The molecule has 1 amide bonds. The number of ether oxygens (including phenoxy) is 2. The predicted molar refractivity (Wildman–Crippen MR) is 112 cm³/mol. The first kappa shape index (κ1) is 21.1. The van der Waals surface area contributed by atoms with Crippen molar-refractivity contribution in [2.45, 2.75) is 32.4 Å². The van der Waals surface area contributed by atoms with Crippen LogP contribution in [0, 0.1) is 0 Å². The van der Waals surface area contributed by atoms with Crippen molar-refractivity contribution in [1.29, 1.82) is 0 Å². The topological polar surface area (TPSA) is 76.1 Å². The third-order valence-electron chi connectivity index (χ3n) is 4.60. The summed E-state index contributed by atoms with van der Waals surface area (Å²) < 4.78 is 10.7. The Hall–Kier alpha value is -2.64. The average Bonchev–Trinajstić information content (AvgIpc) is 3.30. The van der Waals surface area contributed by atoms with Gasteiger partial charge in [0, 0.05) is 30.7 Å². The first-order valence-corrected chi connectivity index (χ1v) is 10.4. The standard InChI is InChI=1S/C22H25NO5S/c1-14(2)28-16-9-7-15(8-10-16)20(24)18-19(17-6-4-13-29-17)23(11-5-12-27-3)22(26)21(18)25/h4,6-10,13-14,19,24H,5,11-12H2,1-3H3/t19-/m0/s1. The molecule has 1 aromatic heterocycles. The number of rotatable bonds is 8. The number of aliphatic hydroxyl groups is 1. The van der Waals surface area contributed by atoms with Crippen LogP contribution in [0.25, 0.3) is 5.76 Å². The number of hydrogen-bond acceptors (Lipinski definition) is 6. The minimum atomic E-state index is -0.666. The highest BCUT2D eigenvalue weighted by molar-refractivity contribution is 7.10. The highest BCUT2D eigenvalue weighted by Gasteiger charge is 2.46.